The number of nitrogens with zero attached hydrogens (tertiary/aromatic N) is 3. The van der Waals surface area contributed by atoms with Gasteiger partial charge in [-0.15, -0.1) is 0 Å². The summed E-state index contributed by atoms with van der Waals surface area (Å²) in [7, 11) is 1.17. The number of amides is 2. The van der Waals surface area contributed by atoms with Gasteiger partial charge in [-0.1, -0.05) is 24.3 Å². The summed E-state index contributed by atoms with van der Waals surface area (Å²) in [6.45, 7) is 0. The largest absolute Gasteiger partial charge is 0.495 e. The summed E-state index contributed by atoms with van der Waals surface area (Å²) < 4.78 is 78.4. The molecule has 37 heavy (non-hydrogen) atoms. The van der Waals surface area contributed by atoms with E-state index in [0.717, 1.165) is 11.0 Å². The molecule has 0 aliphatic heterocycles. The summed E-state index contributed by atoms with van der Waals surface area (Å²) in [6.07, 6.45) is -4.48. The molecule has 0 aliphatic rings. The Morgan fingerprint density at radius 1 is 0.919 bits per heavy atom. The van der Waals surface area contributed by atoms with Crippen molar-refractivity contribution in [1.29, 1.82) is 0 Å². The molecule has 0 aliphatic carbocycles. The fourth-order valence-electron chi connectivity index (χ4n) is 3.66. The van der Waals surface area contributed by atoms with E-state index in [4.69, 9.17) is 20.9 Å². The minimum absolute atomic E-state index is 0.0269. The van der Waals surface area contributed by atoms with Gasteiger partial charge < -0.3 is 20.9 Å². The molecule has 192 valence electrons. The molecule has 0 unspecified atom stereocenters. The molecule has 0 saturated heterocycles. The molecule has 4 aromatic rings. The van der Waals surface area contributed by atoms with E-state index in [1.54, 1.807) is 24.3 Å². The second kappa shape index (κ2) is 9.41. The number of carbonyl (C=O) groups is 1. The Balaban J connectivity index is 1.90. The van der Waals surface area contributed by atoms with Gasteiger partial charge in [0.2, 0.25) is 11.8 Å². The Morgan fingerprint density at radius 3 is 2.22 bits per heavy atom. The van der Waals surface area contributed by atoms with Crippen LogP contribution < -0.4 is 25.8 Å². The van der Waals surface area contributed by atoms with Crippen LogP contribution in [0.5, 0.6) is 17.4 Å². The Morgan fingerprint density at radius 2 is 1.59 bits per heavy atom. The number of benzene rings is 3. The van der Waals surface area contributed by atoms with Crippen molar-refractivity contribution in [1.82, 2.24) is 9.97 Å². The SMILES string of the molecule is COc1ccc(C(F)(F)C(F)(F)F)cc1N(C(N)=O)c1ccc(Oc2ccnc(N)n2)c2ccccc12. The third-order valence-electron chi connectivity index (χ3n) is 5.32. The van der Waals surface area contributed by atoms with Crippen LogP contribution in [0, 0.1) is 0 Å². The van der Waals surface area contributed by atoms with Crippen LogP contribution in [0.3, 0.4) is 0 Å². The second-order valence-electron chi connectivity index (χ2n) is 7.62. The van der Waals surface area contributed by atoms with Crippen LogP contribution in [0.25, 0.3) is 10.8 Å². The van der Waals surface area contributed by atoms with Gasteiger partial charge in [0.25, 0.3) is 0 Å². The van der Waals surface area contributed by atoms with Crippen molar-refractivity contribution in [3.8, 4) is 17.4 Å². The second-order valence-corrected chi connectivity index (χ2v) is 7.62. The van der Waals surface area contributed by atoms with Crippen molar-refractivity contribution in [2.45, 2.75) is 12.1 Å². The van der Waals surface area contributed by atoms with E-state index >= 15 is 0 Å². The minimum Gasteiger partial charge on any atom is -0.495 e. The lowest BCUT2D eigenvalue weighted by Gasteiger charge is -2.27. The van der Waals surface area contributed by atoms with Gasteiger partial charge in [0.05, 0.1) is 18.5 Å². The fraction of sp³-hybridized carbons (Fsp3) is 0.125. The predicted molar refractivity (Wildman–Crippen MR) is 125 cm³/mol. The summed E-state index contributed by atoms with van der Waals surface area (Å²) in [5.41, 5.74) is 9.44. The normalized spacial score (nSPS) is 11.8. The molecular weight excluding hydrogens is 501 g/mol. The zero-order valence-corrected chi connectivity index (χ0v) is 19.0. The molecule has 3 aromatic carbocycles. The third-order valence-corrected chi connectivity index (χ3v) is 5.32. The van der Waals surface area contributed by atoms with Gasteiger partial charge in [0.15, 0.2) is 0 Å². The van der Waals surface area contributed by atoms with Crippen LogP contribution in [-0.4, -0.2) is 29.3 Å². The number of ether oxygens (including phenoxy) is 2. The van der Waals surface area contributed by atoms with Crippen LogP contribution in [-0.2, 0) is 5.92 Å². The molecule has 2 amide bonds. The molecule has 0 spiro atoms. The van der Waals surface area contributed by atoms with Gasteiger partial charge in [0, 0.05) is 28.6 Å². The van der Waals surface area contributed by atoms with Crippen LogP contribution in [0.15, 0.2) is 66.9 Å². The quantitative estimate of drug-likeness (QED) is 0.307. The Hall–Kier alpha value is -4.68. The Bertz CT molecular complexity index is 1480. The third kappa shape index (κ3) is 4.75. The topological polar surface area (TPSA) is 117 Å². The number of urea groups is 1. The van der Waals surface area contributed by atoms with E-state index in [1.165, 1.54) is 31.5 Å². The van der Waals surface area contributed by atoms with Crippen LogP contribution in [0.2, 0.25) is 0 Å². The number of alkyl halides is 5. The number of nitrogen functional groups attached to an aromatic ring is 1. The predicted octanol–water partition coefficient (Wildman–Crippen LogP) is 5.88. The maximum atomic E-state index is 14.2. The lowest BCUT2D eigenvalue weighted by atomic mass is 10.0. The molecule has 13 heteroatoms. The van der Waals surface area contributed by atoms with Gasteiger partial charge in [-0.25, -0.2) is 9.78 Å². The molecule has 0 saturated carbocycles. The number of fused-ring (bicyclic) bond motifs is 1. The van der Waals surface area contributed by atoms with Crippen LogP contribution >= 0.6 is 0 Å². The summed E-state index contributed by atoms with van der Waals surface area (Å²) in [5.74, 6) is -4.98. The molecule has 4 N–H and O–H groups in total. The van der Waals surface area contributed by atoms with Gasteiger partial charge in [0.1, 0.15) is 11.5 Å². The van der Waals surface area contributed by atoms with Crippen molar-refractivity contribution < 1.29 is 36.2 Å². The van der Waals surface area contributed by atoms with E-state index < -0.39 is 29.4 Å². The molecule has 4 rings (SSSR count). The van der Waals surface area contributed by atoms with Crippen molar-refractivity contribution in [2.24, 2.45) is 5.73 Å². The lowest BCUT2D eigenvalue weighted by molar-refractivity contribution is -0.289. The smallest absolute Gasteiger partial charge is 0.458 e. The average Bonchev–Trinajstić information content (AvgIpc) is 2.84. The first-order chi connectivity index (χ1) is 17.4. The summed E-state index contributed by atoms with van der Waals surface area (Å²) >= 11 is 0. The monoisotopic (exact) mass is 519 g/mol. The molecule has 0 bridgehead atoms. The van der Waals surface area contributed by atoms with Gasteiger partial charge in [-0.2, -0.15) is 26.9 Å². The summed E-state index contributed by atoms with van der Waals surface area (Å²) in [5, 5.41) is 0.801. The highest BCUT2D eigenvalue weighted by Crippen LogP contribution is 2.47. The maximum absolute atomic E-state index is 14.2. The Kier molecular flexibility index (Phi) is 6.46. The highest BCUT2D eigenvalue weighted by atomic mass is 19.4. The molecule has 0 radical (unpaired) electrons. The first kappa shape index (κ1) is 25.4. The van der Waals surface area contributed by atoms with Gasteiger partial charge >= 0.3 is 18.1 Å². The summed E-state index contributed by atoms with van der Waals surface area (Å²) in [4.78, 5) is 21.1. The minimum atomic E-state index is -5.87. The van der Waals surface area contributed by atoms with E-state index in [2.05, 4.69) is 9.97 Å². The highest BCUT2D eigenvalue weighted by Gasteiger charge is 2.58. The number of rotatable bonds is 6. The van der Waals surface area contributed by atoms with E-state index in [0.29, 0.717) is 22.9 Å². The van der Waals surface area contributed by atoms with Crippen LogP contribution in [0.4, 0.5) is 44.1 Å². The number of hydrogen-bond donors (Lipinski definition) is 2. The molecular formula is C24H18F5N5O3. The van der Waals surface area contributed by atoms with Gasteiger partial charge in [-0.3, -0.25) is 4.90 Å². The van der Waals surface area contributed by atoms with E-state index in [-0.39, 0.29) is 29.0 Å². The number of methoxy groups -OCH3 is 1. The molecule has 0 atom stereocenters. The van der Waals surface area contributed by atoms with E-state index in [9.17, 15) is 26.7 Å². The number of anilines is 3. The number of aromatic nitrogens is 2. The fourth-order valence-corrected chi connectivity index (χ4v) is 3.66. The van der Waals surface area contributed by atoms with Gasteiger partial charge in [-0.05, 0) is 30.3 Å². The summed E-state index contributed by atoms with van der Waals surface area (Å²) in [6, 6.07) is 11.7. The lowest BCUT2D eigenvalue weighted by Crippen LogP contribution is -2.35. The van der Waals surface area contributed by atoms with Crippen molar-refractivity contribution in [3.05, 3.63) is 72.4 Å². The number of carbonyl (C=O) groups excluding carboxylic acids is 1. The molecule has 8 nitrogen and oxygen atoms in total. The number of nitrogens with two attached hydrogens (primary N) is 2. The number of primary amides is 1. The van der Waals surface area contributed by atoms with Crippen molar-refractivity contribution >= 4 is 34.1 Å². The maximum Gasteiger partial charge on any atom is 0.458 e. The zero-order valence-electron chi connectivity index (χ0n) is 19.0. The standard InChI is InChI=1S/C24H18F5N5O3/c1-36-19-8-6-13(23(25,26)24(27,28)29)12-17(19)34(22(31)35)16-7-9-18(15-5-3-2-4-14(15)16)37-20-10-11-32-21(30)33-20/h2-12H,1H3,(H2,31,35)(H2,30,32,33). The number of halogens is 5. The average molecular weight is 519 g/mol. The first-order valence-electron chi connectivity index (χ1n) is 10.4. The highest BCUT2D eigenvalue weighted by molar-refractivity contribution is 6.09. The van der Waals surface area contributed by atoms with E-state index in [1.807, 2.05) is 0 Å². The molecule has 1 aromatic heterocycles. The van der Waals surface area contributed by atoms with Crippen LogP contribution in [0.1, 0.15) is 5.56 Å². The molecule has 0 fully saturated rings. The van der Waals surface area contributed by atoms with Crippen molar-refractivity contribution in [3.63, 3.8) is 0 Å². The van der Waals surface area contributed by atoms with Crippen molar-refractivity contribution in [2.75, 3.05) is 17.7 Å². The zero-order chi connectivity index (χ0) is 27.0. The number of hydrogen-bond acceptors (Lipinski definition) is 6. The molecule has 1 heterocycles. The first-order valence-corrected chi connectivity index (χ1v) is 10.4. The Labute approximate surface area is 206 Å².